The average Bonchev–Trinajstić information content (AvgIpc) is 2.75. The van der Waals surface area contributed by atoms with E-state index < -0.39 is 0 Å². The van der Waals surface area contributed by atoms with Gasteiger partial charge in [0.15, 0.2) is 0 Å². The third-order valence-corrected chi connectivity index (χ3v) is 5.96. The first-order valence-corrected chi connectivity index (χ1v) is 11.0. The lowest BCUT2D eigenvalue weighted by atomic mass is 10.1. The standard InChI is InChI=1S/C25H25FN2O2S/c1-4-18-8-5-7-16(2)23(18)28-24(29)17(3)31-22-10-6-9-21(15-22)27-25(30)19-11-13-20(26)14-12-19/h5-15,17H,4H2,1-3H3,(H,27,30)(H,28,29). The van der Waals surface area contributed by atoms with Crippen LogP contribution in [0, 0.1) is 12.7 Å². The number of rotatable bonds is 7. The number of halogens is 1. The Morgan fingerprint density at radius 2 is 1.71 bits per heavy atom. The lowest BCUT2D eigenvalue weighted by Gasteiger charge is -2.16. The number of anilines is 2. The second-order valence-electron chi connectivity index (χ2n) is 7.20. The minimum Gasteiger partial charge on any atom is -0.325 e. The Labute approximate surface area is 186 Å². The van der Waals surface area contributed by atoms with Crippen molar-refractivity contribution in [1.29, 1.82) is 0 Å². The number of carbonyl (C=O) groups excluding carboxylic acids is 2. The minimum absolute atomic E-state index is 0.0743. The van der Waals surface area contributed by atoms with E-state index in [1.165, 1.54) is 36.0 Å². The molecule has 0 aliphatic carbocycles. The van der Waals surface area contributed by atoms with Gasteiger partial charge in [-0.1, -0.05) is 31.2 Å². The van der Waals surface area contributed by atoms with Crippen molar-refractivity contribution in [2.75, 3.05) is 10.6 Å². The molecule has 2 N–H and O–H groups in total. The van der Waals surface area contributed by atoms with Crippen LogP contribution in [0.3, 0.4) is 0 Å². The summed E-state index contributed by atoms with van der Waals surface area (Å²) in [6, 6.07) is 18.7. The van der Waals surface area contributed by atoms with Crippen LogP contribution in [0.25, 0.3) is 0 Å². The van der Waals surface area contributed by atoms with Gasteiger partial charge in [-0.25, -0.2) is 4.39 Å². The highest BCUT2D eigenvalue weighted by Crippen LogP contribution is 2.28. The molecule has 31 heavy (non-hydrogen) atoms. The van der Waals surface area contributed by atoms with Crippen molar-refractivity contribution >= 4 is 35.0 Å². The molecule has 0 aromatic heterocycles. The van der Waals surface area contributed by atoms with E-state index in [1.54, 1.807) is 6.07 Å². The third kappa shape index (κ3) is 5.95. The molecule has 1 atom stereocenters. The van der Waals surface area contributed by atoms with Crippen molar-refractivity contribution in [2.45, 2.75) is 37.3 Å². The summed E-state index contributed by atoms with van der Waals surface area (Å²) in [5, 5.41) is 5.54. The van der Waals surface area contributed by atoms with E-state index in [9.17, 15) is 14.0 Å². The number of benzene rings is 3. The highest BCUT2D eigenvalue weighted by atomic mass is 32.2. The molecule has 0 spiro atoms. The molecule has 0 aliphatic heterocycles. The Morgan fingerprint density at radius 3 is 2.42 bits per heavy atom. The van der Waals surface area contributed by atoms with Gasteiger partial charge in [0.25, 0.3) is 5.91 Å². The predicted octanol–water partition coefficient (Wildman–Crippen LogP) is 6.07. The molecule has 0 radical (unpaired) electrons. The van der Waals surface area contributed by atoms with Gasteiger partial charge in [0.2, 0.25) is 5.91 Å². The zero-order valence-corrected chi connectivity index (χ0v) is 18.6. The summed E-state index contributed by atoms with van der Waals surface area (Å²) in [5.41, 5.74) is 4.01. The van der Waals surface area contributed by atoms with E-state index in [0.717, 1.165) is 28.1 Å². The van der Waals surface area contributed by atoms with Gasteiger partial charge >= 0.3 is 0 Å². The first-order chi connectivity index (χ1) is 14.9. The summed E-state index contributed by atoms with van der Waals surface area (Å²) in [7, 11) is 0. The lowest BCUT2D eigenvalue weighted by molar-refractivity contribution is -0.115. The van der Waals surface area contributed by atoms with Gasteiger partial charge in [0.05, 0.1) is 5.25 Å². The summed E-state index contributed by atoms with van der Waals surface area (Å²) in [6.45, 7) is 5.90. The molecule has 0 saturated heterocycles. The van der Waals surface area contributed by atoms with Crippen LogP contribution < -0.4 is 10.6 Å². The number of amides is 2. The van der Waals surface area contributed by atoms with Crippen LogP contribution in [0.2, 0.25) is 0 Å². The molecular weight excluding hydrogens is 411 g/mol. The summed E-state index contributed by atoms with van der Waals surface area (Å²) in [4.78, 5) is 26.0. The summed E-state index contributed by atoms with van der Waals surface area (Å²) in [6.07, 6.45) is 0.842. The Morgan fingerprint density at radius 1 is 1.00 bits per heavy atom. The first-order valence-electron chi connectivity index (χ1n) is 10.1. The van der Waals surface area contributed by atoms with Crippen LogP contribution in [0.5, 0.6) is 0 Å². The van der Waals surface area contributed by atoms with Crippen molar-refractivity contribution in [1.82, 2.24) is 0 Å². The molecule has 160 valence electrons. The van der Waals surface area contributed by atoms with Crippen molar-refractivity contribution in [3.05, 3.63) is 89.2 Å². The molecule has 1 unspecified atom stereocenters. The van der Waals surface area contributed by atoms with Crippen LogP contribution in [0.15, 0.2) is 71.6 Å². The molecule has 3 rings (SSSR count). The first kappa shape index (κ1) is 22.6. The average molecular weight is 437 g/mol. The molecular formula is C25H25FN2O2S. The summed E-state index contributed by atoms with van der Waals surface area (Å²) < 4.78 is 13.1. The van der Waals surface area contributed by atoms with Gasteiger partial charge in [0, 0.05) is 21.8 Å². The number of hydrogen-bond donors (Lipinski definition) is 2. The molecule has 0 saturated carbocycles. The monoisotopic (exact) mass is 436 g/mol. The SMILES string of the molecule is CCc1cccc(C)c1NC(=O)C(C)Sc1cccc(NC(=O)c2ccc(F)cc2)c1. The Hall–Kier alpha value is -3.12. The normalized spacial score (nSPS) is 11.6. The maximum Gasteiger partial charge on any atom is 0.255 e. The number of aryl methyl sites for hydroxylation is 2. The topological polar surface area (TPSA) is 58.2 Å². The van der Waals surface area contributed by atoms with Crippen molar-refractivity contribution < 1.29 is 14.0 Å². The summed E-state index contributed by atoms with van der Waals surface area (Å²) in [5.74, 6) is -0.784. The Kier molecular flexibility index (Phi) is 7.47. The number of hydrogen-bond acceptors (Lipinski definition) is 3. The second-order valence-corrected chi connectivity index (χ2v) is 8.61. The predicted molar refractivity (Wildman–Crippen MR) is 125 cm³/mol. The van der Waals surface area contributed by atoms with E-state index in [0.29, 0.717) is 11.3 Å². The van der Waals surface area contributed by atoms with Gasteiger partial charge in [-0.15, -0.1) is 11.8 Å². The summed E-state index contributed by atoms with van der Waals surface area (Å²) >= 11 is 1.42. The van der Waals surface area contributed by atoms with Gasteiger partial charge < -0.3 is 10.6 Å². The molecule has 0 heterocycles. The third-order valence-electron chi connectivity index (χ3n) is 4.87. The van der Waals surface area contributed by atoms with E-state index in [1.807, 2.05) is 50.2 Å². The zero-order valence-electron chi connectivity index (χ0n) is 17.7. The Bertz CT molecular complexity index is 1080. The van der Waals surface area contributed by atoms with Crippen LogP contribution in [-0.2, 0) is 11.2 Å². The molecule has 0 bridgehead atoms. The van der Waals surface area contributed by atoms with Crippen LogP contribution in [0.4, 0.5) is 15.8 Å². The zero-order chi connectivity index (χ0) is 22.4. The number of nitrogens with one attached hydrogen (secondary N) is 2. The molecule has 3 aromatic rings. The van der Waals surface area contributed by atoms with E-state index in [2.05, 4.69) is 17.6 Å². The molecule has 0 fully saturated rings. The maximum atomic E-state index is 13.1. The van der Waals surface area contributed by atoms with Crippen LogP contribution >= 0.6 is 11.8 Å². The fourth-order valence-corrected chi connectivity index (χ4v) is 4.06. The smallest absolute Gasteiger partial charge is 0.255 e. The molecule has 2 amide bonds. The molecule has 0 aliphatic rings. The van der Waals surface area contributed by atoms with E-state index in [-0.39, 0.29) is 22.9 Å². The van der Waals surface area contributed by atoms with Crippen molar-refractivity contribution in [2.24, 2.45) is 0 Å². The van der Waals surface area contributed by atoms with Gasteiger partial charge in [0.1, 0.15) is 5.82 Å². The number of thioether (sulfide) groups is 1. The highest BCUT2D eigenvalue weighted by Gasteiger charge is 2.17. The fourth-order valence-electron chi connectivity index (χ4n) is 3.14. The van der Waals surface area contributed by atoms with Gasteiger partial charge in [-0.3, -0.25) is 9.59 Å². The fraction of sp³-hybridized carbons (Fsp3) is 0.200. The second kappa shape index (κ2) is 10.3. The minimum atomic E-state index is -0.390. The van der Waals surface area contributed by atoms with Gasteiger partial charge in [-0.05, 0) is 73.9 Å². The Balaban J connectivity index is 1.65. The molecule has 4 nitrogen and oxygen atoms in total. The van der Waals surface area contributed by atoms with Crippen LogP contribution in [-0.4, -0.2) is 17.1 Å². The quantitative estimate of drug-likeness (QED) is 0.442. The van der Waals surface area contributed by atoms with Crippen molar-refractivity contribution in [3.63, 3.8) is 0 Å². The maximum absolute atomic E-state index is 13.1. The lowest BCUT2D eigenvalue weighted by Crippen LogP contribution is -2.23. The number of carbonyl (C=O) groups is 2. The highest BCUT2D eigenvalue weighted by molar-refractivity contribution is 8.00. The van der Waals surface area contributed by atoms with E-state index >= 15 is 0 Å². The van der Waals surface area contributed by atoms with Gasteiger partial charge in [-0.2, -0.15) is 0 Å². The van der Waals surface area contributed by atoms with E-state index in [4.69, 9.17) is 0 Å². The molecule has 3 aromatic carbocycles. The van der Waals surface area contributed by atoms with Crippen molar-refractivity contribution in [3.8, 4) is 0 Å². The molecule has 6 heteroatoms. The largest absolute Gasteiger partial charge is 0.325 e. The van der Waals surface area contributed by atoms with Crippen LogP contribution in [0.1, 0.15) is 35.3 Å². The number of para-hydroxylation sites is 1.